The molecule has 2 aromatic rings. The quantitative estimate of drug-likeness (QED) is 0.858. The molecule has 0 radical (unpaired) electrons. The number of hydrogen-bond acceptors (Lipinski definition) is 2. The Morgan fingerprint density at radius 1 is 1.11 bits per heavy atom. The highest BCUT2D eigenvalue weighted by molar-refractivity contribution is 9.10. The molecule has 1 N–H and O–H groups in total. The number of halogens is 3. The number of alkyl halides is 2. The number of aliphatic hydroxyl groups is 1. The maximum Gasteiger partial charge on any atom is 0.263 e. The second kappa shape index (κ2) is 5.91. The van der Waals surface area contributed by atoms with Gasteiger partial charge in [0, 0.05) is 21.3 Å². The SMILES string of the molecule is OC(Cc1sccc1Br)c1ccc(C(F)F)cc1. The summed E-state index contributed by atoms with van der Waals surface area (Å²) in [7, 11) is 0. The lowest BCUT2D eigenvalue weighted by atomic mass is 10.0. The van der Waals surface area contributed by atoms with E-state index < -0.39 is 12.5 Å². The van der Waals surface area contributed by atoms with E-state index in [1.165, 1.54) is 12.1 Å². The van der Waals surface area contributed by atoms with E-state index in [0.29, 0.717) is 12.0 Å². The molecule has 1 nitrogen and oxygen atoms in total. The summed E-state index contributed by atoms with van der Waals surface area (Å²) in [4.78, 5) is 1.04. The number of rotatable bonds is 4. The first-order valence-electron chi connectivity index (χ1n) is 5.36. The van der Waals surface area contributed by atoms with Crippen molar-refractivity contribution in [3.63, 3.8) is 0 Å². The van der Waals surface area contributed by atoms with Gasteiger partial charge in [0.15, 0.2) is 0 Å². The summed E-state index contributed by atoms with van der Waals surface area (Å²) in [5.74, 6) is 0. The van der Waals surface area contributed by atoms with Gasteiger partial charge in [-0.2, -0.15) is 0 Å². The first-order chi connectivity index (χ1) is 8.58. The Kier molecular flexibility index (Phi) is 4.48. The van der Waals surface area contributed by atoms with Crippen LogP contribution in [0.15, 0.2) is 40.2 Å². The zero-order valence-corrected chi connectivity index (χ0v) is 11.7. The fraction of sp³-hybridized carbons (Fsp3) is 0.231. The van der Waals surface area contributed by atoms with E-state index >= 15 is 0 Å². The van der Waals surface area contributed by atoms with Crippen molar-refractivity contribution in [1.29, 1.82) is 0 Å². The van der Waals surface area contributed by atoms with Crippen molar-refractivity contribution >= 4 is 27.3 Å². The van der Waals surface area contributed by atoms with Crippen molar-refractivity contribution < 1.29 is 13.9 Å². The Morgan fingerprint density at radius 2 is 1.72 bits per heavy atom. The molecular formula is C13H11BrF2OS. The molecule has 1 atom stereocenters. The minimum atomic E-state index is -2.47. The molecule has 1 aromatic heterocycles. The van der Waals surface area contributed by atoms with Gasteiger partial charge in [0.25, 0.3) is 6.43 Å². The molecule has 5 heteroatoms. The topological polar surface area (TPSA) is 20.2 Å². The molecule has 0 spiro atoms. The molecule has 0 aliphatic carbocycles. The van der Waals surface area contributed by atoms with Gasteiger partial charge in [0.2, 0.25) is 0 Å². The molecule has 0 amide bonds. The van der Waals surface area contributed by atoms with Crippen LogP contribution in [0.25, 0.3) is 0 Å². The van der Waals surface area contributed by atoms with E-state index in [2.05, 4.69) is 15.9 Å². The first-order valence-corrected chi connectivity index (χ1v) is 7.03. The molecule has 0 bridgehead atoms. The van der Waals surface area contributed by atoms with Crippen molar-refractivity contribution in [3.05, 3.63) is 56.2 Å². The molecule has 0 saturated carbocycles. The van der Waals surface area contributed by atoms with E-state index in [9.17, 15) is 13.9 Å². The van der Waals surface area contributed by atoms with Gasteiger partial charge in [-0.1, -0.05) is 24.3 Å². The van der Waals surface area contributed by atoms with Crippen LogP contribution in [0.3, 0.4) is 0 Å². The van der Waals surface area contributed by atoms with Crippen LogP contribution in [0.5, 0.6) is 0 Å². The zero-order chi connectivity index (χ0) is 13.1. The Bertz CT molecular complexity index is 510. The van der Waals surface area contributed by atoms with Crippen molar-refractivity contribution in [3.8, 4) is 0 Å². The third-order valence-electron chi connectivity index (χ3n) is 2.64. The highest BCUT2D eigenvalue weighted by Gasteiger charge is 2.13. The lowest BCUT2D eigenvalue weighted by Crippen LogP contribution is -2.01. The Balaban J connectivity index is 2.09. The Labute approximate surface area is 116 Å². The van der Waals surface area contributed by atoms with E-state index in [0.717, 1.165) is 9.35 Å². The first kappa shape index (κ1) is 13.6. The molecule has 18 heavy (non-hydrogen) atoms. The van der Waals surface area contributed by atoms with Crippen LogP contribution in [0.1, 0.15) is 28.5 Å². The molecule has 2 rings (SSSR count). The van der Waals surface area contributed by atoms with Gasteiger partial charge in [0.1, 0.15) is 0 Å². The van der Waals surface area contributed by atoms with Gasteiger partial charge in [-0.15, -0.1) is 11.3 Å². The number of aliphatic hydroxyl groups excluding tert-OH is 1. The van der Waals surface area contributed by atoms with Crippen LogP contribution >= 0.6 is 27.3 Å². The summed E-state index contributed by atoms with van der Waals surface area (Å²) in [6.45, 7) is 0. The molecule has 0 aliphatic heterocycles. The number of benzene rings is 1. The maximum absolute atomic E-state index is 12.4. The zero-order valence-electron chi connectivity index (χ0n) is 9.32. The average Bonchev–Trinajstić information content (AvgIpc) is 2.75. The molecule has 96 valence electrons. The Hall–Kier alpha value is -0.780. The van der Waals surface area contributed by atoms with Crippen LogP contribution in [-0.2, 0) is 6.42 Å². The summed E-state index contributed by atoms with van der Waals surface area (Å²) >= 11 is 4.95. The van der Waals surface area contributed by atoms with Crippen LogP contribution in [0.2, 0.25) is 0 Å². The number of hydrogen-bond donors (Lipinski definition) is 1. The summed E-state index contributed by atoms with van der Waals surface area (Å²) in [5, 5.41) is 12.0. The Morgan fingerprint density at radius 3 is 2.22 bits per heavy atom. The van der Waals surface area contributed by atoms with Crippen molar-refractivity contribution in [2.45, 2.75) is 19.0 Å². The predicted molar refractivity (Wildman–Crippen MR) is 72.1 cm³/mol. The summed E-state index contributed by atoms with van der Waals surface area (Å²) in [6, 6.07) is 7.73. The fourth-order valence-corrected chi connectivity index (χ4v) is 3.18. The van der Waals surface area contributed by atoms with Crippen molar-refractivity contribution in [2.75, 3.05) is 0 Å². The summed E-state index contributed by atoms with van der Waals surface area (Å²) in [5.41, 5.74) is 0.628. The fourth-order valence-electron chi connectivity index (χ4n) is 1.63. The van der Waals surface area contributed by atoms with Gasteiger partial charge >= 0.3 is 0 Å². The average molecular weight is 333 g/mol. The van der Waals surface area contributed by atoms with Gasteiger partial charge in [-0.05, 0) is 32.9 Å². The molecule has 1 aromatic carbocycles. The minimum absolute atomic E-state index is 0.0248. The third kappa shape index (κ3) is 3.16. The number of thiophene rings is 1. The van der Waals surface area contributed by atoms with Gasteiger partial charge < -0.3 is 5.11 Å². The molecule has 1 unspecified atom stereocenters. The lowest BCUT2D eigenvalue weighted by molar-refractivity contribution is 0.151. The molecule has 0 aliphatic rings. The predicted octanol–water partition coefficient (Wildman–Crippen LogP) is 4.72. The van der Waals surface area contributed by atoms with E-state index in [1.54, 1.807) is 23.5 Å². The second-order valence-electron chi connectivity index (χ2n) is 3.88. The smallest absolute Gasteiger partial charge is 0.263 e. The third-order valence-corrected chi connectivity index (χ3v) is 4.59. The largest absolute Gasteiger partial charge is 0.388 e. The van der Waals surface area contributed by atoms with E-state index in [1.807, 2.05) is 11.4 Å². The highest BCUT2D eigenvalue weighted by atomic mass is 79.9. The standard InChI is InChI=1S/C13H11BrF2OS/c14-10-5-6-18-12(10)7-11(17)8-1-3-9(4-2-8)13(15)16/h1-6,11,13,17H,7H2. The highest BCUT2D eigenvalue weighted by Crippen LogP contribution is 2.29. The van der Waals surface area contributed by atoms with Crippen molar-refractivity contribution in [1.82, 2.24) is 0 Å². The van der Waals surface area contributed by atoms with Gasteiger partial charge in [0.05, 0.1) is 6.10 Å². The summed E-state index contributed by atoms with van der Waals surface area (Å²) < 4.78 is 25.8. The van der Waals surface area contributed by atoms with Crippen molar-refractivity contribution in [2.24, 2.45) is 0 Å². The molecule has 0 fully saturated rings. The van der Waals surface area contributed by atoms with Gasteiger partial charge in [-0.25, -0.2) is 8.78 Å². The second-order valence-corrected chi connectivity index (χ2v) is 5.73. The summed E-state index contributed by atoms with van der Waals surface area (Å²) in [6.07, 6.45) is -2.67. The minimum Gasteiger partial charge on any atom is -0.388 e. The normalized spacial score (nSPS) is 12.9. The maximum atomic E-state index is 12.4. The lowest BCUT2D eigenvalue weighted by Gasteiger charge is -2.11. The molecule has 1 heterocycles. The monoisotopic (exact) mass is 332 g/mol. The van der Waals surface area contributed by atoms with Crippen LogP contribution in [0, 0.1) is 0 Å². The molecule has 0 saturated heterocycles. The van der Waals surface area contributed by atoms with Crippen LogP contribution < -0.4 is 0 Å². The van der Waals surface area contributed by atoms with E-state index in [4.69, 9.17) is 0 Å². The molecular weight excluding hydrogens is 322 g/mol. The van der Waals surface area contributed by atoms with Crippen LogP contribution in [-0.4, -0.2) is 5.11 Å². The van der Waals surface area contributed by atoms with Crippen LogP contribution in [0.4, 0.5) is 8.78 Å². The van der Waals surface area contributed by atoms with E-state index in [-0.39, 0.29) is 5.56 Å². The van der Waals surface area contributed by atoms with Gasteiger partial charge in [-0.3, -0.25) is 0 Å².